The lowest BCUT2D eigenvalue weighted by Crippen LogP contribution is -2.14. The Morgan fingerprint density at radius 3 is 2.68 bits per heavy atom. The van der Waals surface area contributed by atoms with Crippen LogP contribution in [0.5, 0.6) is 0 Å². The molecule has 0 fully saturated rings. The Kier molecular flexibility index (Phi) is 5.27. The van der Waals surface area contributed by atoms with Gasteiger partial charge in [-0.15, -0.1) is 0 Å². The van der Waals surface area contributed by atoms with Crippen LogP contribution >= 0.6 is 0 Å². The third kappa shape index (κ3) is 4.17. The lowest BCUT2D eigenvalue weighted by molar-refractivity contribution is -0.124. The molecule has 0 atom stereocenters. The van der Waals surface area contributed by atoms with E-state index in [9.17, 15) is 9.59 Å². The van der Waals surface area contributed by atoms with Crippen LogP contribution in [-0.4, -0.2) is 21.5 Å². The van der Waals surface area contributed by atoms with E-state index in [1.165, 1.54) is 11.6 Å². The number of hydroxylamine groups is 1. The van der Waals surface area contributed by atoms with Crippen LogP contribution in [0.4, 0.5) is 0 Å². The molecule has 1 heterocycles. The number of carbonyl (C=O) groups excluding carboxylic acids is 2. The van der Waals surface area contributed by atoms with Gasteiger partial charge in [0.05, 0.1) is 0 Å². The molecule has 0 spiro atoms. The highest BCUT2D eigenvalue weighted by Gasteiger charge is 2.10. The van der Waals surface area contributed by atoms with E-state index >= 15 is 0 Å². The Balaban J connectivity index is 2.01. The lowest BCUT2D eigenvalue weighted by atomic mass is 10.0. The van der Waals surface area contributed by atoms with E-state index in [-0.39, 0.29) is 5.78 Å². The molecule has 0 saturated carbocycles. The highest BCUT2D eigenvalue weighted by molar-refractivity contribution is 5.97. The quantitative estimate of drug-likeness (QED) is 0.372. The summed E-state index contributed by atoms with van der Waals surface area (Å²) in [5.41, 5.74) is 3.98. The Bertz CT molecular complexity index is 687. The van der Waals surface area contributed by atoms with Gasteiger partial charge in [-0.05, 0) is 24.1 Å². The fraction of sp³-hybridized carbons (Fsp3) is 0.176. The van der Waals surface area contributed by atoms with Gasteiger partial charge >= 0.3 is 0 Å². The van der Waals surface area contributed by atoms with Crippen molar-refractivity contribution in [2.75, 3.05) is 0 Å². The first kappa shape index (κ1) is 15.7. The summed E-state index contributed by atoms with van der Waals surface area (Å²) in [7, 11) is 1.80. The second-order valence-electron chi connectivity index (χ2n) is 4.98. The van der Waals surface area contributed by atoms with Crippen LogP contribution in [0.15, 0.2) is 48.7 Å². The van der Waals surface area contributed by atoms with Crippen molar-refractivity contribution in [1.29, 1.82) is 0 Å². The van der Waals surface area contributed by atoms with Crippen LogP contribution in [-0.2, 0) is 18.3 Å². The molecule has 2 rings (SSSR count). The Morgan fingerprint density at radius 1 is 1.27 bits per heavy atom. The van der Waals surface area contributed by atoms with Gasteiger partial charge in [-0.3, -0.25) is 14.8 Å². The number of hydrogen-bond donors (Lipinski definition) is 2. The van der Waals surface area contributed by atoms with E-state index in [4.69, 9.17) is 5.21 Å². The monoisotopic (exact) mass is 298 g/mol. The number of nitrogens with zero attached hydrogens (tertiary/aromatic N) is 1. The molecule has 5 nitrogen and oxygen atoms in total. The second kappa shape index (κ2) is 7.38. The van der Waals surface area contributed by atoms with Crippen molar-refractivity contribution < 1.29 is 14.8 Å². The number of Topliss-reactive ketones (excluding diaryl/α,β-unsaturated/α-hetero) is 1. The zero-order valence-corrected chi connectivity index (χ0v) is 12.3. The Labute approximate surface area is 128 Å². The van der Waals surface area contributed by atoms with Gasteiger partial charge in [0, 0.05) is 37.0 Å². The second-order valence-corrected chi connectivity index (χ2v) is 4.98. The number of aryl methyl sites for hydroxylation is 2. The number of benzene rings is 1. The van der Waals surface area contributed by atoms with E-state index in [1.54, 1.807) is 30.0 Å². The smallest absolute Gasteiger partial charge is 0.267 e. The van der Waals surface area contributed by atoms with Gasteiger partial charge in [-0.1, -0.05) is 30.3 Å². The molecular weight excluding hydrogens is 280 g/mol. The molecule has 0 saturated heterocycles. The zero-order chi connectivity index (χ0) is 15.9. The van der Waals surface area contributed by atoms with Crippen molar-refractivity contribution in [3.8, 4) is 0 Å². The average molecular weight is 298 g/mol. The minimum absolute atomic E-state index is 0.0608. The molecule has 2 N–H and O–H groups in total. The molecule has 1 aromatic carbocycles. The first-order valence-electron chi connectivity index (χ1n) is 6.96. The molecule has 1 aromatic heterocycles. The van der Waals surface area contributed by atoms with Gasteiger partial charge in [0.15, 0.2) is 5.78 Å². The molecule has 114 valence electrons. The Hall–Kier alpha value is -2.66. The SMILES string of the molecule is Cn1cc(C(=O)CCc2ccccc2)cc1/C=C/C(=O)NO. The first-order chi connectivity index (χ1) is 10.6. The predicted molar refractivity (Wildman–Crippen MR) is 83.5 cm³/mol. The van der Waals surface area contributed by atoms with Crippen LogP contribution in [0, 0.1) is 0 Å². The van der Waals surface area contributed by atoms with Gasteiger partial charge < -0.3 is 4.57 Å². The van der Waals surface area contributed by atoms with Crippen molar-refractivity contribution in [3.05, 3.63) is 65.5 Å². The van der Waals surface area contributed by atoms with Crippen LogP contribution in [0.25, 0.3) is 6.08 Å². The van der Waals surface area contributed by atoms with Gasteiger partial charge in [-0.2, -0.15) is 0 Å². The Morgan fingerprint density at radius 2 is 2.00 bits per heavy atom. The van der Waals surface area contributed by atoms with E-state index in [1.807, 2.05) is 30.3 Å². The van der Waals surface area contributed by atoms with Crippen LogP contribution in [0.3, 0.4) is 0 Å². The summed E-state index contributed by atoms with van der Waals surface area (Å²) in [5.74, 6) is -0.552. The molecule has 0 aliphatic rings. The summed E-state index contributed by atoms with van der Waals surface area (Å²) < 4.78 is 1.76. The average Bonchev–Trinajstić information content (AvgIpc) is 2.92. The standard InChI is InChI=1S/C17H18N2O3/c1-19-12-14(11-15(19)8-10-17(21)18-22)16(20)9-7-13-5-3-2-4-6-13/h2-6,8,10-12,22H,7,9H2,1H3,(H,18,21)/b10-8+. The highest BCUT2D eigenvalue weighted by atomic mass is 16.5. The predicted octanol–water partition coefficient (Wildman–Crippen LogP) is 2.36. The van der Waals surface area contributed by atoms with Crippen LogP contribution in [0.1, 0.15) is 28.0 Å². The van der Waals surface area contributed by atoms with E-state index in [0.717, 1.165) is 5.56 Å². The minimum Gasteiger partial charge on any atom is -0.350 e. The minimum atomic E-state index is -0.613. The highest BCUT2D eigenvalue weighted by Crippen LogP contribution is 2.13. The fourth-order valence-electron chi connectivity index (χ4n) is 2.14. The molecule has 22 heavy (non-hydrogen) atoms. The summed E-state index contributed by atoms with van der Waals surface area (Å²) >= 11 is 0. The molecular formula is C17H18N2O3. The largest absolute Gasteiger partial charge is 0.350 e. The first-order valence-corrected chi connectivity index (χ1v) is 6.96. The number of ketones is 1. The molecule has 0 aliphatic carbocycles. The number of nitrogens with one attached hydrogen (secondary N) is 1. The van der Waals surface area contributed by atoms with Crippen molar-refractivity contribution in [2.45, 2.75) is 12.8 Å². The number of hydrogen-bond acceptors (Lipinski definition) is 3. The molecule has 0 radical (unpaired) electrons. The molecule has 0 bridgehead atoms. The maximum Gasteiger partial charge on any atom is 0.267 e. The number of amides is 1. The number of carbonyl (C=O) groups is 2. The van der Waals surface area contributed by atoms with E-state index in [2.05, 4.69) is 0 Å². The maximum absolute atomic E-state index is 12.2. The van der Waals surface area contributed by atoms with E-state index < -0.39 is 5.91 Å². The van der Waals surface area contributed by atoms with Crippen molar-refractivity contribution in [3.63, 3.8) is 0 Å². The summed E-state index contributed by atoms with van der Waals surface area (Å²) in [5, 5.41) is 8.44. The number of rotatable bonds is 6. The molecule has 2 aromatic rings. The van der Waals surface area contributed by atoms with Crippen LogP contribution < -0.4 is 5.48 Å². The van der Waals surface area contributed by atoms with E-state index in [0.29, 0.717) is 24.1 Å². The number of aromatic nitrogens is 1. The third-order valence-corrected chi connectivity index (χ3v) is 3.36. The molecule has 0 unspecified atom stereocenters. The summed E-state index contributed by atoms with van der Waals surface area (Å²) in [6, 6.07) is 11.6. The van der Waals surface area contributed by atoms with Gasteiger partial charge in [-0.25, -0.2) is 5.48 Å². The van der Waals surface area contributed by atoms with Crippen molar-refractivity contribution in [2.24, 2.45) is 7.05 Å². The molecule has 0 aliphatic heterocycles. The maximum atomic E-state index is 12.2. The summed E-state index contributed by atoms with van der Waals surface area (Å²) in [4.78, 5) is 23.2. The van der Waals surface area contributed by atoms with Gasteiger partial charge in [0.1, 0.15) is 0 Å². The van der Waals surface area contributed by atoms with Crippen molar-refractivity contribution in [1.82, 2.24) is 10.0 Å². The summed E-state index contributed by atoms with van der Waals surface area (Å²) in [6.07, 6.45) is 5.62. The topological polar surface area (TPSA) is 71.3 Å². The zero-order valence-electron chi connectivity index (χ0n) is 12.3. The summed E-state index contributed by atoms with van der Waals surface area (Å²) in [6.45, 7) is 0. The van der Waals surface area contributed by atoms with Crippen LogP contribution in [0.2, 0.25) is 0 Å². The third-order valence-electron chi connectivity index (χ3n) is 3.36. The molecule has 1 amide bonds. The fourth-order valence-corrected chi connectivity index (χ4v) is 2.14. The van der Waals surface area contributed by atoms with Gasteiger partial charge in [0.2, 0.25) is 0 Å². The normalized spacial score (nSPS) is 10.8. The van der Waals surface area contributed by atoms with Crippen molar-refractivity contribution >= 4 is 17.8 Å². The molecule has 5 heteroatoms. The lowest BCUT2D eigenvalue weighted by Gasteiger charge is -1.99. The van der Waals surface area contributed by atoms with Gasteiger partial charge in [0.25, 0.3) is 5.91 Å².